The number of nitrogens with zero attached hydrogens (tertiary/aromatic N) is 4. The smallest absolute Gasteiger partial charge is 0.257 e. The number of carbonyl (C=O) groups excluding carboxylic acids is 1. The van der Waals surface area contributed by atoms with Crippen molar-refractivity contribution >= 4 is 27.5 Å². The first-order chi connectivity index (χ1) is 9.33. The van der Waals surface area contributed by atoms with Crippen LogP contribution < -0.4 is 4.72 Å². The summed E-state index contributed by atoms with van der Waals surface area (Å²) in [6.07, 6.45) is 0.888. The highest BCUT2D eigenvalue weighted by Crippen LogP contribution is 2.16. The molecule has 8 nitrogen and oxygen atoms in total. The molecule has 106 valence electrons. The molecular weight excluding hydrogens is 306 g/mol. The average Bonchev–Trinajstić information content (AvgIpc) is 2.75. The number of rotatable bonds is 4. The van der Waals surface area contributed by atoms with Gasteiger partial charge in [0.2, 0.25) is 15.8 Å². The molecule has 1 aromatic heterocycles. The van der Waals surface area contributed by atoms with E-state index in [-0.39, 0.29) is 6.54 Å². The van der Waals surface area contributed by atoms with E-state index in [1.54, 1.807) is 24.3 Å². The van der Waals surface area contributed by atoms with E-state index in [1.807, 2.05) is 4.72 Å². The highest BCUT2D eigenvalue weighted by Gasteiger charge is 2.12. The van der Waals surface area contributed by atoms with Crippen molar-refractivity contribution in [1.82, 2.24) is 24.9 Å². The first kappa shape index (κ1) is 14.4. The van der Waals surface area contributed by atoms with Crippen molar-refractivity contribution in [3.63, 3.8) is 0 Å². The molecule has 0 aliphatic carbocycles. The van der Waals surface area contributed by atoms with Crippen molar-refractivity contribution in [3.05, 3.63) is 29.3 Å². The zero-order valence-electron chi connectivity index (χ0n) is 10.3. The van der Waals surface area contributed by atoms with Crippen LogP contribution in [0.25, 0.3) is 11.4 Å². The van der Waals surface area contributed by atoms with Crippen LogP contribution in [0.4, 0.5) is 0 Å². The summed E-state index contributed by atoms with van der Waals surface area (Å²) in [4.78, 5) is 12.4. The molecule has 1 heterocycles. The van der Waals surface area contributed by atoms with E-state index in [1.165, 1.54) is 0 Å². The van der Waals surface area contributed by atoms with Crippen LogP contribution in [0.1, 0.15) is 0 Å². The van der Waals surface area contributed by atoms with Gasteiger partial charge in [0.1, 0.15) is 6.54 Å². The predicted molar refractivity (Wildman–Crippen MR) is 71.2 cm³/mol. The molecule has 0 bridgehead atoms. The van der Waals surface area contributed by atoms with Gasteiger partial charge >= 0.3 is 0 Å². The van der Waals surface area contributed by atoms with Gasteiger partial charge in [0.05, 0.1) is 6.26 Å². The maximum atomic E-state index is 11.4. The summed E-state index contributed by atoms with van der Waals surface area (Å²) in [7, 11) is -3.60. The number of halogens is 1. The van der Waals surface area contributed by atoms with E-state index in [0.717, 1.165) is 11.1 Å². The molecule has 1 aromatic carbocycles. The van der Waals surface area contributed by atoms with Crippen molar-refractivity contribution in [3.8, 4) is 11.4 Å². The molecule has 0 spiro atoms. The Kier molecular flexibility index (Phi) is 4.00. The molecule has 2 aromatic rings. The Balaban J connectivity index is 2.09. The van der Waals surface area contributed by atoms with Crippen LogP contribution in [0.5, 0.6) is 0 Å². The summed E-state index contributed by atoms with van der Waals surface area (Å²) in [6.45, 7) is -0.340. The lowest BCUT2D eigenvalue weighted by molar-refractivity contribution is -0.120. The maximum Gasteiger partial charge on any atom is 0.257 e. The van der Waals surface area contributed by atoms with Crippen molar-refractivity contribution < 1.29 is 13.2 Å². The van der Waals surface area contributed by atoms with E-state index < -0.39 is 15.9 Å². The minimum absolute atomic E-state index is 0.314. The maximum absolute atomic E-state index is 11.4. The van der Waals surface area contributed by atoms with Crippen LogP contribution in [-0.2, 0) is 21.4 Å². The summed E-state index contributed by atoms with van der Waals surface area (Å²) in [5.74, 6) is -0.429. The molecule has 10 heteroatoms. The topological polar surface area (TPSA) is 107 Å². The molecule has 0 aliphatic rings. The lowest BCUT2D eigenvalue weighted by Crippen LogP contribution is -2.33. The molecule has 20 heavy (non-hydrogen) atoms. The normalized spacial score (nSPS) is 11.3. The number of sulfonamides is 1. The Hall–Kier alpha value is -2.00. The summed E-state index contributed by atoms with van der Waals surface area (Å²) >= 11 is 5.76. The largest absolute Gasteiger partial charge is 0.272 e. The molecule has 0 aliphatic heterocycles. The van der Waals surface area contributed by atoms with Crippen LogP contribution in [0.3, 0.4) is 0 Å². The molecule has 0 saturated heterocycles. The summed E-state index contributed by atoms with van der Waals surface area (Å²) in [5, 5.41) is 12.0. The molecule has 0 saturated carbocycles. The van der Waals surface area contributed by atoms with Gasteiger partial charge in [0, 0.05) is 10.6 Å². The third kappa shape index (κ3) is 4.00. The highest BCUT2D eigenvalue weighted by molar-refractivity contribution is 7.89. The van der Waals surface area contributed by atoms with Crippen molar-refractivity contribution in [2.24, 2.45) is 0 Å². The molecule has 0 atom stereocenters. The summed E-state index contributed by atoms with van der Waals surface area (Å²) in [6, 6.07) is 6.77. The Morgan fingerprint density at radius 3 is 2.60 bits per heavy atom. The van der Waals surface area contributed by atoms with Gasteiger partial charge in [0.25, 0.3) is 5.91 Å². The standard InChI is InChI=1S/C10H10ClN5O3S/c1-20(18,19)14-9(17)6-16-13-10(12-15-16)7-2-4-8(11)5-3-7/h2-5H,6H2,1H3,(H,14,17). The minimum atomic E-state index is -3.60. The van der Waals surface area contributed by atoms with Gasteiger partial charge in [-0.1, -0.05) is 11.6 Å². The van der Waals surface area contributed by atoms with Gasteiger partial charge < -0.3 is 0 Å². The third-order valence-electron chi connectivity index (χ3n) is 2.14. The second-order valence-corrected chi connectivity index (χ2v) is 6.13. The Labute approximate surface area is 119 Å². The molecule has 0 radical (unpaired) electrons. The molecule has 1 amide bonds. The Morgan fingerprint density at radius 2 is 2.00 bits per heavy atom. The molecular formula is C10H10ClN5O3S. The van der Waals surface area contributed by atoms with E-state index in [4.69, 9.17) is 11.6 Å². The van der Waals surface area contributed by atoms with Gasteiger partial charge in [-0.3, -0.25) is 9.52 Å². The SMILES string of the molecule is CS(=O)(=O)NC(=O)Cn1nnc(-c2ccc(Cl)cc2)n1. The minimum Gasteiger partial charge on any atom is -0.272 e. The quantitative estimate of drug-likeness (QED) is 0.855. The fraction of sp³-hybridized carbons (Fsp3) is 0.200. The van der Waals surface area contributed by atoms with Crippen LogP contribution in [0, 0.1) is 0 Å². The van der Waals surface area contributed by atoms with Gasteiger partial charge in [-0.15, -0.1) is 10.2 Å². The van der Waals surface area contributed by atoms with Gasteiger partial charge in [-0.25, -0.2) is 8.42 Å². The number of hydrogen-bond acceptors (Lipinski definition) is 6. The Bertz CT molecular complexity index is 726. The lowest BCUT2D eigenvalue weighted by Gasteiger charge is -2.00. The molecule has 1 N–H and O–H groups in total. The van der Waals surface area contributed by atoms with Crippen LogP contribution in [-0.4, -0.2) is 40.8 Å². The highest BCUT2D eigenvalue weighted by atomic mass is 35.5. The van der Waals surface area contributed by atoms with Crippen molar-refractivity contribution in [2.75, 3.05) is 6.26 Å². The lowest BCUT2D eigenvalue weighted by atomic mass is 10.2. The first-order valence-corrected chi connectivity index (χ1v) is 7.65. The third-order valence-corrected chi connectivity index (χ3v) is 2.99. The number of tetrazole rings is 1. The molecule has 0 unspecified atom stereocenters. The van der Waals surface area contributed by atoms with Gasteiger partial charge in [0.15, 0.2) is 0 Å². The van der Waals surface area contributed by atoms with E-state index in [9.17, 15) is 13.2 Å². The zero-order chi connectivity index (χ0) is 14.8. The fourth-order valence-electron chi connectivity index (χ4n) is 1.39. The van der Waals surface area contributed by atoms with Crippen LogP contribution >= 0.6 is 11.6 Å². The number of hydrogen-bond donors (Lipinski definition) is 1. The predicted octanol–water partition coefficient (Wildman–Crippen LogP) is 0.0693. The van der Waals surface area contributed by atoms with E-state index >= 15 is 0 Å². The van der Waals surface area contributed by atoms with E-state index in [0.29, 0.717) is 16.4 Å². The second-order valence-electron chi connectivity index (χ2n) is 3.95. The van der Waals surface area contributed by atoms with Gasteiger partial charge in [-0.2, -0.15) is 4.80 Å². The number of nitrogens with one attached hydrogen (secondary N) is 1. The number of amides is 1. The monoisotopic (exact) mass is 315 g/mol. The molecule has 2 rings (SSSR count). The van der Waals surface area contributed by atoms with Gasteiger partial charge in [-0.05, 0) is 29.5 Å². The summed E-state index contributed by atoms with van der Waals surface area (Å²) < 4.78 is 23.6. The fourth-order valence-corrected chi connectivity index (χ4v) is 2.00. The summed E-state index contributed by atoms with van der Waals surface area (Å²) in [5.41, 5.74) is 0.684. The van der Waals surface area contributed by atoms with E-state index in [2.05, 4.69) is 15.4 Å². The van der Waals surface area contributed by atoms with Crippen LogP contribution in [0.15, 0.2) is 24.3 Å². The van der Waals surface area contributed by atoms with Crippen molar-refractivity contribution in [2.45, 2.75) is 6.54 Å². The first-order valence-electron chi connectivity index (χ1n) is 5.38. The average molecular weight is 316 g/mol. The van der Waals surface area contributed by atoms with Crippen LogP contribution in [0.2, 0.25) is 5.02 Å². The second kappa shape index (κ2) is 5.55. The zero-order valence-corrected chi connectivity index (χ0v) is 11.9. The number of benzene rings is 1. The number of carbonyl (C=O) groups is 1. The molecule has 0 fully saturated rings. The van der Waals surface area contributed by atoms with Crippen molar-refractivity contribution in [1.29, 1.82) is 0 Å². The number of aromatic nitrogens is 4. The Morgan fingerprint density at radius 1 is 1.35 bits per heavy atom.